The van der Waals surface area contributed by atoms with Crippen LogP contribution in [-0.2, 0) is 0 Å². The average Bonchev–Trinajstić information content (AvgIpc) is 2.38. The van der Waals surface area contributed by atoms with Crippen LogP contribution in [0.5, 0.6) is 5.75 Å². The SMILES string of the molecule is CCC(C)CC(C)NC(C)c1cc(C)ccc1OC. The first-order valence-corrected chi connectivity index (χ1v) is 7.38. The molecule has 2 heteroatoms. The summed E-state index contributed by atoms with van der Waals surface area (Å²) < 4.78 is 5.47. The van der Waals surface area contributed by atoms with Gasteiger partial charge in [0, 0.05) is 17.6 Å². The van der Waals surface area contributed by atoms with E-state index in [-0.39, 0.29) is 0 Å². The van der Waals surface area contributed by atoms with Crippen LogP contribution >= 0.6 is 0 Å². The fourth-order valence-electron chi connectivity index (χ4n) is 2.55. The second-order valence-corrected chi connectivity index (χ2v) is 5.78. The van der Waals surface area contributed by atoms with Gasteiger partial charge in [0.05, 0.1) is 7.11 Å². The van der Waals surface area contributed by atoms with E-state index in [0.29, 0.717) is 12.1 Å². The summed E-state index contributed by atoms with van der Waals surface area (Å²) in [6, 6.07) is 7.20. The third-order valence-corrected chi connectivity index (χ3v) is 3.84. The summed E-state index contributed by atoms with van der Waals surface area (Å²) in [6.45, 7) is 11.2. The second-order valence-electron chi connectivity index (χ2n) is 5.78. The lowest BCUT2D eigenvalue weighted by molar-refractivity contribution is 0.370. The van der Waals surface area contributed by atoms with Gasteiger partial charge in [-0.2, -0.15) is 0 Å². The summed E-state index contributed by atoms with van der Waals surface area (Å²) in [5.74, 6) is 1.75. The predicted octanol–water partition coefficient (Wildman–Crippen LogP) is 4.48. The molecule has 2 nitrogen and oxygen atoms in total. The first kappa shape index (κ1) is 16.0. The van der Waals surface area contributed by atoms with Gasteiger partial charge in [0.2, 0.25) is 0 Å². The summed E-state index contributed by atoms with van der Waals surface area (Å²) >= 11 is 0. The topological polar surface area (TPSA) is 21.3 Å². The number of benzene rings is 1. The van der Waals surface area contributed by atoms with Crippen molar-refractivity contribution >= 4 is 0 Å². The number of hydrogen-bond donors (Lipinski definition) is 1. The number of methoxy groups -OCH3 is 1. The Morgan fingerprint density at radius 3 is 2.47 bits per heavy atom. The molecule has 0 aliphatic heterocycles. The molecule has 1 aromatic carbocycles. The van der Waals surface area contributed by atoms with Crippen LogP contribution in [0.3, 0.4) is 0 Å². The van der Waals surface area contributed by atoms with Gasteiger partial charge in [-0.15, -0.1) is 0 Å². The molecule has 0 heterocycles. The molecule has 108 valence electrons. The zero-order chi connectivity index (χ0) is 14.4. The molecule has 0 fully saturated rings. The lowest BCUT2D eigenvalue weighted by Gasteiger charge is -2.24. The van der Waals surface area contributed by atoms with E-state index < -0.39 is 0 Å². The molecule has 0 aliphatic carbocycles. The number of hydrogen-bond acceptors (Lipinski definition) is 2. The molecular formula is C17H29NO. The van der Waals surface area contributed by atoms with Crippen molar-refractivity contribution in [2.24, 2.45) is 5.92 Å². The van der Waals surface area contributed by atoms with E-state index in [1.54, 1.807) is 7.11 Å². The summed E-state index contributed by atoms with van der Waals surface area (Å²) in [5, 5.41) is 3.68. The Morgan fingerprint density at radius 2 is 1.89 bits per heavy atom. The molecule has 0 bridgehead atoms. The van der Waals surface area contributed by atoms with Crippen molar-refractivity contribution in [1.29, 1.82) is 0 Å². The van der Waals surface area contributed by atoms with Crippen molar-refractivity contribution in [3.63, 3.8) is 0 Å². The molecule has 0 aromatic heterocycles. The second kappa shape index (κ2) is 7.54. The van der Waals surface area contributed by atoms with Crippen molar-refractivity contribution in [3.8, 4) is 5.75 Å². The minimum Gasteiger partial charge on any atom is -0.496 e. The van der Waals surface area contributed by atoms with Crippen molar-refractivity contribution in [3.05, 3.63) is 29.3 Å². The van der Waals surface area contributed by atoms with E-state index in [1.165, 1.54) is 24.0 Å². The van der Waals surface area contributed by atoms with Crippen LogP contribution in [0.4, 0.5) is 0 Å². The number of nitrogens with one attached hydrogen (secondary N) is 1. The van der Waals surface area contributed by atoms with Crippen LogP contribution in [0, 0.1) is 12.8 Å². The number of rotatable bonds is 7. The number of aryl methyl sites for hydroxylation is 1. The molecule has 1 aromatic rings. The van der Waals surface area contributed by atoms with Gasteiger partial charge in [0.15, 0.2) is 0 Å². The summed E-state index contributed by atoms with van der Waals surface area (Å²) in [4.78, 5) is 0. The summed E-state index contributed by atoms with van der Waals surface area (Å²) in [6.07, 6.45) is 2.46. The minimum absolute atomic E-state index is 0.314. The van der Waals surface area contributed by atoms with Gasteiger partial charge in [-0.3, -0.25) is 0 Å². The van der Waals surface area contributed by atoms with Crippen molar-refractivity contribution < 1.29 is 4.74 Å². The van der Waals surface area contributed by atoms with Crippen LogP contribution in [0.1, 0.15) is 57.7 Å². The molecule has 0 radical (unpaired) electrons. The molecular weight excluding hydrogens is 234 g/mol. The Balaban J connectivity index is 2.71. The standard InChI is InChI=1S/C17H29NO/c1-7-12(2)10-14(4)18-15(5)16-11-13(3)8-9-17(16)19-6/h8-9,11-12,14-15,18H,7,10H2,1-6H3. The fraction of sp³-hybridized carbons (Fsp3) is 0.647. The Morgan fingerprint density at radius 1 is 1.21 bits per heavy atom. The highest BCUT2D eigenvalue weighted by Gasteiger charge is 2.15. The quantitative estimate of drug-likeness (QED) is 0.783. The smallest absolute Gasteiger partial charge is 0.123 e. The van der Waals surface area contributed by atoms with Crippen LogP contribution in [0.2, 0.25) is 0 Å². The highest BCUT2D eigenvalue weighted by Crippen LogP contribution is 2.26. The van der Waals surface area contributed by atoms with Crippen LogP contribution in [0.25, 0.3) is 0 Å². The third-order valence-electron chi connectivity index (χ3n) is 3.84. The van der Waals surface area contributed by atoms with E-state index in [2.05, 4.69) is 58.1 Å². The van der Waals surface area contributed by atoms with E-state index in [4.69, 9.17) is 4.74 Å². The van der Waals surface area contributed by atoms with Crippen molar-refractivity contribution in [2.45, 2.75) is 59.5 Å². The van der Waals surface area contributed by atoms with E-state index in [0.717, 1.165) is 11.7 Å². The normalized spacial score (nSPS) is 15.9. The average molecular weight is 263 g/mol. The molecule has 0 saturated carbocycles. The van der Waals surface area contributed by atoms with Crippen molar-refractivity contribution in [2.75, 3.05) is 7.11 Å². The zero-order valence-corrected chi connectivity index (χ0v) is 13.3. The lowest BCUT2D eigenvalue weighted by atomic mass is 9.98. The zero-order valence-electron chi connectivity index (χ0n) is 13.3. The number of ether oxygens (including phenoxy) is 1. The van der Waals surface area contributed by atoms with Crippen LogP contribution in [0.15, 0.2) is 18.2 Å². The highest BCUT2D eigenvalue weighted by atomic mass is 16.5. The fourth-order valence-corrected chi connectivity index (χ4v) is 2.55. The predicted molar refractivity (Wildman–Crippen MR) is 82.8 cm³/mol. The Kier molecular flexibility index (Phi) is 6.36. The maximum absolute atomic E-state index is 5.47. The van der Waals surface area contributed by atoms with Gasteiger partial charge < -0.3 is 10.1 Å². The molecule has 3 atom stereocenters. The minimum atomic E-state index is 0.314. The Hall–Kier alpha value is -1.02. The summed E-state index contributed by atoms with van der Waals surface area (Å²) in [7, 11) is 1.74. The summed E-state index contributed by atoms with van der Waals surface area (Å²) in [5.41, 5.74) is 2.53. The van der Waals surface area contributed by atoms with E-state index in [1.807, 2.05) is 0 Å². The molecule has 0 spiro atoms. The molecule has 0 saturated heterocycles. The lowest BCUT2D eigenvalue weighted by Crippen LogP contribution is -2.30. The van der Waals surface area contributed by atoms with Gasteiger partial charge in [-0.05, 0) is 39.2 Å². The van der Waals surface area contributed by atoms with Crippen LogP contribution < -0.4 is 10.1 Å². The monoisotopic (exact) mass is 263 g/mol. The van der Waals surface area contributed by atoms with E-state index >= 15 is 0 Å². The third kappa shape index (κ3) is 4.87. The first-order valence-electron chi connectivity index (χ1n) is 7.38. The Bertz CT molecular complexity index is 389. The van der Waals surface area contributed by atoms with Gasteiger partial charge in [-0.25, -0.2) is 0 Å². The first-order chi connectivity index (χ1) is 8.97. The molecule has 3 unspecified atom stereocenters. The maximum atomic E-state index is 5.47. The Labute approximate surface area is 118 Å². The van der Waals surface area contributed by atoms with Crippen molar-refractivity contribution in [1.82, 2.24) is 5.32 Å². The van der Waals surface area contributed by atoms with E-state index in [9.17, 15) is 0 Å². The molecule has 1 rings (SSSR count). The molecule has 1 N–H and O–H groups in total. The van der Waals surface area contributed by atoms with Crippen LogP contribution in [-0.4, -0.2) is 13.2 Å². The molecule has 0 aliphatic rings. The molecule has 0 amide bonds. The maximum Gasteiger partial charge on any atom is 0.123 e. The van der Waals surface area contributed by atoms with Gasteiger partial charge in [-0.1, -0.05) is 38.0 Å². The van der Waals surface area contributed by atoms with Gasteiger partial charge >= 0.3 is 0 Å². The molecule has 19 heavy (non-hydrogen) atoms. The highest BCUT2D eigenvalue weighted by molar-refractivity contribution is 5.38. The van der Waals surface area contributed by atoms with Gasteiger partial charge in [0.1, 0.15) is 5.75 Å². The van der Waals surface area contributed by atoms with Gasteiger partial charge in [0.25, 0.3) is 0 Å². The largest absolute Gasteiger partial charge is 0.496 e.